The number of rotatable bonds is 4. The van der Waals surface area contributed by atoms with Crippen LogP contribution in [0.3, 0.4) is 0 Å². The number of carbonyl (C=O) groups is 1. The van der Waals surface area contributed by atoms with Gasteiger partial charge in [0.15, 0.2) is 0 Å². The summed E-state index contributed by atoms with van der Waals surface area (Å²) >= 11 is 0. The van der Waals surface area contributed by atoms with E-state index in [0.29, 0.717) is 18.7 Å². The van der Waals surface area contributed by atoms with Crippen molar-refractivity contribution < 1.29 is 4.79 Å². The van der Waals surface area contributed by atoms with Crippen molar-refractivity contribution in [3.63, 3.8) is 0 Å². The van der Waals surface area contributed by atoms with Crippen LogP contribution in [0, 0.1) is 6.92 Å². The molecule has 5 heteroatoms. The summed E-state index contributed by atoms with van der Waals surface area (Å²) in [6.07, 6.45) is 1.65. The highest BCUT2D eigenvalue weighted by Crippen LogP contribution is 2.13. The lowest BCUT2D eigenvalue weighted by Crippen LogP contribution is -2.33. The van der Waals surface area contributed by atoms with Crippen molar-refractivity contribution in [2.45, 2.75) is 20.4 Å². The molecule has 0 spiro atoms. The van der Waals surface area contributed by atoms with Gasteiger partial charge in [-0.15, -0.1) is 0 Å². The highest BCUT2D eigenvalue weighted by Gasteiger charge is 2.15. The van der Waals surface area contributed by atoms with E-state index in [1.807, 2.05) is 44.2 Å². The van der Waals surface area contributed by atoms with Gasteiger partial charge in [-0.05, 0) is 37.6 Å². The minimum Gasteiger partial charge on any atom is -0.352 e. The first kappa shape index (κ1) is 15.9. The van der Waals surface area contributed by atoms with Crippen LogP contribution in [0.1, 0.15) is 28.4 Å². The maximum absolute atomic E-state index is 12.8. The fourth-order valence-electron chi connectivity index (χ4n) is 2.65. The van der Waals surface area contributed by atoms with Crippen LogP contribution in [0.4, 0.5) is 0 Å². The lowest BCUT2D eigenvalue weighted by Gasteiger charge is -2.12. The lowest BCUT2D eigenvalue weighted by atomic mass is 10.1. The van der Waals surface area contributed by atoms with Crippen LogP contribution in [0.5, 0.6) is 0 Å². The van der Waals surface area contributed by atoms with Crippen LogP contribution in [0.25, 0.3) is 11.0 Å². The Morgan fingerprint density at radius 3 is 2.67 bits per heavy atom. The van der Waals surface area contributed by atoms with E-state index in [1.165, 1.54) is 0 Å². The maximum atomic E-state index is 12.8. The van der Waals surface area contributed by atoms with Gasteiger partial charge in [-0.1, -0.05) is 29.8 Å². The number of amides is 1. The zero-order chi connectivity index (χ0) is 17.1. The minimum absolute atomic E-state index is 0.143. The second-order valence-electron chi connectivity index (χ2n) is 5.71. The Kier molecular flexibility index (Phi) is 4.42. The molecule has 1 aromatic carbocycles. The lowest BCUT2D eigenvalue weighted by molar-refractivity contribution is 0.0954. The number of aryl methyl sites for hydroxylation is 1. The van der Waals surface area contributed by atoms with E-state index in [-0.39, 0.29) is 17.0 Å². The second-order valence-corrected chi connectivity index (χ2v) is 5.71. The number of nitrogens with zero attached hydrogens (tertiary/aromatic N) is 2. The van der Waals surface area contributed by atoms with Gasteiger partial charge in [-0.25, -0.2) is 4.98 Å². The Labute approximate surface area is 140 Å². The molecular formula is C19H19N3O2. The monoisotopic (exact) mass is 321 g/mol. The third-order valence-corrected chi connectivity index (χ3v) is 3.89. The normalized spacial score (nSPS) is 10.8. The molecule has 0 atom stereocenters. The molecule has 1 N–H and O–H groups in total. The average Bonchev–Trinajstić information content (AvgIpc) is 2.59. The topological polar surface area (TPSA) is 64.0 Å². The van der Waals surface area contributed by atoms with Crippen molar-refractivity contribution >= 4 is 16.9 Å². The number of nitrogens with one attached hydrogen (secondary N) is 1. The molecule has 0 fully saturated rings. The van der Waals surface area contributed by atoms with Gasteiger partial charge in [0.2, 0.25) is 0 Å². The number of carbonyl (C=O) groups excluding carboxylic acids is 1. The molecule has 0 radical (unpaired) electrons. The van der Waals surface area contributed by atoms with Gasteiger partial charge in [-0.3, -0.25) is 14.2 Å². The van der Waals surface area contributed by atoms with Gasteiger partial charge >= 0.3 is 0 Å². The molecule has 0 aliphatic carbocycles. The van der Waals surface area contributed by atoms with Crippen LogP contribution in [-0.2, 0) is 6.54 Å². The fraction of sp³-hybridized carbons (Fsp3) is 0.211. The van der Waals surface area contributed by atoms with Crippen molar-refractivity contribution in [1.82, 2.24) is 14.9 Å². The van der Waals surface area contributed by atoms with Gasteiger partial charge in [0, 0.05) is 18.1 Å². The molecule has 122 valence electrons. The first-order valence-electron chi connectivity index (χ1n) is 7.92. The molecule has 1 amide bonds. The first-order chi connectivity index (χ1) is 11.6. The molecule has 0 aliphatic rings. The van der Waals surface area contributed by atoms with E-state index >= 15 is 0 Å². The summed E-state index contributed by atoms with van der Waals surface area (Å²) in [6, 6.07) is 13.2. The maximum Gasteiger partial charge on any atom is 0.265 e. The number of aromatic nitrogens is 2. The largest absolute Gasteiger partial charge is 0.352 e. The Morgan fingerprint density at radius 2 is 1.96 bits per heavy atom. The summed E-state index contributed by atoms with van der Waals surface area (Å²) in [5.41, 5.74) is 2.54. The molecule has 2 aromatic heterocycles. The molecule has 3 rings (SSSR count). The first-order valence-corrected chi connectivity index (χ1v) is 7.92. The zero-order valence-electron chi connectivity index (χ0n) is 13.7. The Balaban J connectivity index is 2.17. The summed E-state index contributed by atoms with van der Waals surface area (Å²) in [5.74, 6) is -0.356. The molecule has 0 aliphatic heterocycles. The van der Waals surface area contributed by atoms with Crippen molar-refractivity contribution in [2.75, 3.05) is 6.54 Å². The van der Waals surface area contributed by atoms with Crippen molar-refractivity contribution in [2.24, 2.45) is 0 Å². The third-order valence-electron chi connectivity index (χ3n) is 3.89. The van der Waals surface area contributed by atoms with E-state index in [1.54, 1.807) is 22.9 Å². The predicted molar refractivity (Wildman–Crippen MR) is 94.3 cm³/mol. The Bertz CT molecular complexity index is 943. The van der Waals surface area contributed by atoms with Crippen LogP contribution in [0.15, 0.2) is 53.5 Å². The third kappa shape index (κ3) is 3.06. The fourth-order valence-corrected chi connectivity index (χ4v) is 2.65. The number of hydrogen-bond acceptors (Lipinski definition) is 3. The van der Waals surface area contributed by atoms with E-state index in [4.69, 9.17) is 0 Å². The SMILES string of the molecule is CCNC(=O)c1cc2cccnc2n(Cc2ccc(C)cc2)c1=O. The number of hydrogen-bond donors (Lipinski definition) is 1. The van der Waals surface area contributed by atoms with Crippen molar-refractivity contribution in [1.29, 1.82) is 0 Å². The van der Waals surface area contributed by atoms with Crippen LogP contribution in [-0.4, -0.2) is 22.0 Å². The van der Waals surface area contributed by atoms with Gasteiger partial charge in [-0.2, -0.15) is 0 Å². The summed E-state index contributed by atoms with van der Waals surface area (Å²) in [6.45, 7) is 4.69. The van der Waals surface area contributed by atoms with Gasteiger partial charge < -0.3 is 5.32 Å². The highest BCUT2D eigenvalue weighted by atomic mass is 16.2. The van der Waals surface area contributed by atoms with Crippen LogP contribution in [0.2, 0.25) is 0 Å². The quantitative estimate of drug-likeness (QED) is 0.803. The summed E-state index contributed by atoms with van der Waals surface area (Å²) in [5, 5.41) is 3.46. The smallest absolute Gasteiger partial charge is 0.265 e. The molecule has 5 nitrogen and oxygen atoms in total. The molecule has 0 unspecified atom stereocenters. The molecule has 3 aromatic rings. The zero-order valence-corrected chi connectivity index (χ0v) is 13.7. The molecular weight excluding hydrogens is 302 g/mol. The predicted octanol–water partition coefficient (Wildman–Crippen LogP) is 2.50. The van der Waals surface area contributed by atoms with Crippen LogP contribution >= 0.6 is 0 Å². The summed E-state index contributed by atoms with van der Waals surface area (Å²) in [4.78, 5) is 29.4. The summed E-state index contributed by atoms with van der Waals surface area (Å²) in [7, 11) is 0. The highest BCUT2D eigenvalue weighted by molar-refractivity contribution is 5.96. The molecule has 24 heavy (non-hydrogen) atoms. The Hall–Kier alpha value is -2.95. The average molecular weight is 321 g/mol. The minimum atomic E-state index is -0.356. The van der Waals surface area contributed by atoms with Gasteiger partial charge in [0.25, 0.3) is 11.5 Å². The number of benzene rings is 1. The van der Waals surface area contributed by atoms with E-state index in [2.05, 4.69) is 10.3 Å². The van der Waals surface area contributed by atoms with Gasteiger partial charge in [0.05, 0.1) is 6.54 Å². The van der Waals surface area contributed by atoms with E-state index < -0.39 is 0 Å². The molecule has 2 heterocycles. The number of fused-ring (bicyclic) bond motifs is 1. The van der Waals surface area contributed by atoms with Crippen molar-refractivity contribution in [3.05, 3.63) is 75.7 Å². The van der Waals surface area contributed by atoms with Gasteiger partial charge in [0.1, 0.15) is 11.2 Å². The number of pyridine rings is 2. The Morgan fingerprint density at radius 1 is 1.21 bits per heavy atom. The van der Waals surface area contributed by atoms with Crippen molar-refractivity contribution in [3.8, 4) is 0 Å². The van der Waals surface area contributed by atoms with E-state index in [9.17, 15) is 9.59 Å². The molecule has 0 bridgehead atoms. The standard InChI is InChI=1S/C19H19N3O2/c1-3-20-18(23)16-11-15-5-4-10-21-17(15)22(19(16)24)12-14-8-6-13(2)7-9-14/h4-11H,3,12H2,1-2H3,(H,20,23). The van der Waals surface area contributed by atoms with E-state index in [0.717, 1.165) is 16.5 Å². The molecule has 0 saturated carbocycles. The summed E-state index contributed by atoms with van der Waals surface area (Å²) < 4.78 is 1.56. The van der Waals surface area contributed by atoms with Crippen LogP contribution < -0.4 is 10.9 Å². The second kappa shape index (κ2) is 6.66. The molecule has 0 saturated heterocycles.